The van der Waals surface area contributed by atoms with Crippen molar-refractivity contribution < 1.29 is 13.5 Å². The van der Waals surface area contributed by atoms with E-state index in [0.717, 1.165) is 6.42 Å². The second-order valence-corrected chi connectivity index (χ2v) is 6.55. The lowest BCUT2D eigenvalue weighted by atomic mass is 10.0. The zero-order valence-corrected chi connectivity index (χ0v) is 11.2. The van der Waals surface area contributed by atoms with Crippen molar-refractivity contribution in [3.8, 4) is 0 Å². The summed E-state index contributed by atoms with van der Waals surface area (Å²) in [6.45, 7) is 3.55. The fourth-order valence-corrected chi connectivity index (χ4v) is 3.48. The Morgan fingerprint density at radius 3 is 2.24 bits per heavy atom. The van der Waals surface area contributed by atoms with Gasteiger partial charge in [0.1, 0.15) is 5.25 Å². The van der Waals surface area contributed by atoms with Gasteiger partial charge >= 0.3 is 0 Å². The van der Waals surface area contributed by atoms with Gasteiger partial charge in [0.15, 0.2) is 9.84 Å². The summed E-state index contributed by atoms with van der Waals surface area (Å²) in [4.78, 5) is 0. The lowest BCUT2D eigenvalue weighted by Crippen LogP contribution is -2.27. The van der Waals surface area contributed by atoms with Crippen molar-refractivity contribution in [2.45, 2.75) is 38.0 Å². The molecule has 0 fully saturated rings. The van der Waals surface area contributed by atoms with Gasteiger partial charge in [-0.3, -0.25) is 0 Å². The van der Waals surface area contributed by atoms with Crippen LogP contribution in [-0.4, -0.2) is 25.4 Å². The average molecular weight is 256 g/mol. The van der Waals surface area contributed by atoms with Gasteiger partial charge in [-0.1, -0.05) is 50.6 Å². The molecule has 0 bridgehead atoms. The molecule has 1 rings (SSSR count). The largest absolute Gasteiger partial charge is 0.391 e. The standard InChI is InChI=1S/C13H20O3S/c1-3-8-12(14)13(17(15,16)4-2)11-9-6-5-7-10-11/h5-7,9-10,12-14H,3-4,8H2,1-2H3/t12-,13-/m0/s1. The van der Waals surface area contributed by atoms with Gasteiger partial charge in [0, 0.05) is 5.75 Å². The first kappa shape index (κ1) is 14.2. The highest BCUT2D eigenvalue weighted by Gasteiger charge is 2.31. The van der Waals surface area contributed by atoms with E-state index in [0.29, 0.717) is 12.0 Å². The minimum Gasteiger partial charge on any atom is -0.391 e. The summed E-state index contributed by atoms with van der Waals surface area (Å²) in [7, 11) is -3.28. The van der Waals surface area contributed by atoms with Gasteiger partial charge < -0.3 is 5.11 Å². The molecule has 0 aliphatic carbocycles. The van der Waals surface area contributed by atoms with Crippen LogP contribution in [0.5, 0.6) is 0 Å². The second kappa shape index (κ2) is 6.17. The van der Waals surface area contributed by atoms with Gasteiger partial charge in [-0.2, -0.15) is 0 Å². The number of sulfone groups is 1. The van der Waals surface area contributed by atoms with Crippen molar-refractivity contribution in [1.82, 2.24) is 0 Å². The fourth-order valence-electron chi connectivity index (χ4n) is 1.94. The first-order valence-corrected chi connectivity index (χ1v) is 7.69. The molecule has 0 radical (unpaired) electrons. The first-order chi connectivity index (χ1) is 8.03. The molecule has 96 valence electrons. The van der Waals surface area contributed by atoms with Crippen LogP contribution in [-0.2, 0) is 9.84 Å². The third kappa shape index (κ3) is 3.54. The summed E-state index contributed by atoms with van der Waals surface area (Å²) >= 11 is 0. The van der Waals surface area contributed by atoms with E-state index >= 15 is 0 Å². The molecule has 0 saturated heterocycles. The van der Waals surface area contributed by atoms with Crippen LogP contribution in [0.1, 0.15) is 37.5 Å². The smallest absolute Gasteiger partial charge is 0.159 e. The Morgan fingerprint density at radius 1 is 1.18 bits per heavy atom. The predicted octanol–water partition coefficient (Wildman–Crippen LogP) is 2.32. The van der Waals surface area contributed by atoms with E-state index in [9.17, 15) is 13.5 Å². The second-order valence-electron chi connectivity index (χ2n) is 4.14. The maximum Gasteiger partial charge on any atom is 0.159 e. The van der Waals surface area contributed by atoms with Crippen LogP contribution in [0.15, 0.2) is 30.3 Å². The van der Waals surface area contributed by atoms with Gasteiger partial charge in [-0.05, 0) is 12.0 Å². The molecule has 0 aromatic heterocycles. The summed E-state index contributed by atoms with van der Waals surface area (Å²) in [6.07, 6.45) is 0.440. The zero-order valence-electron chi connectivity index (χ0n) is 10.3. The summed E-state index contributed by atoms with van der Waals surface area (Å²) in [5.41, 5.74) is 0.676. The van der Waals surface area contributed by atoms with Crippen LogP contribution in [0.3, 0.4) is 0 Å². The monoisotopic (exact) mass is 256 g/mol. The maximum atomic E-state index is 12.1. The molecular formula is C13H20O3S. The Balaban J connectivity index is 3.12. The van der Waals surface area contributed by atoms with Gasteiger partial charge in [-0.15, -0.1) is 0 Å². The van der Waals surface area contributed by atoms with Gasteiger partial charge in [0.25, 0.3) is 0 Å². The predicted molar refractivity (Wildman–Crippen MR) is 69.6 cm³/mol. The lowest BCUT2D eigenvalue weighted by Gasteiger charge is -2.22. The molecule has 1 aromatic carbocycles. The van der Waals surface area contributed by atoms with E-state index in [2.05, 4.69) is 0 Å². The number of benzene rings is 1. The van der Waals surface area contributed by atoms with Crippen molar-refractivity contribution in [3.63, 3.8) is 0 Å². The Labute approximate surface area is 103 Å². The van der Waals surface area contributed by atoms with Crippen LogP contribution in [0.4, 0.5) is 0 Å². The Bertz CT molecular complexity index is 425. The normalized spacial score (nSPS) is 15.5. The number of hydrogen-bond acceptors (Lipinski definition) is 3. The van der Waals surface area contributed by atoms with Crippen molar-refractivity contribution in [2.24, 2.45) is 0 Å². The summed E-state index contributed by atoms with van der Waals surface area (Å²) in [5.74, 6) is 0.0489. The third-order valence-corrected chi connectivity index (χ3v) is 5.02. The van der Waals surface area contributed by atoms with Crippen molar-refractivity contribution in [3.05, 3.63) is 35.9 Å². The van der Waals surface area contributed by atoms with E-state index in [1.807, 2.05) is 13.0 Å². The third-order valence-electron chi connectivity index (χ3n) is 2.85. The van der Waals surface area contributed by atoms with Crippen molar-refractivity contribution in [2.75, 3.05) is 5.75 Å². The lowest BCUT2D eigenvalue weighted by molar-refractivity contribution is 0.157. The Kier molecular flexibility index (Phi) is 5.15. The van der Waals surface area contributed by atoms with Crippen LogP contribution in [0, 0.1) is 0 Å². The SMILES string of the molecule is CCC[C@H](O)[C@H](c1ccccc1)S(=O)(=O)CC. The number of hydrogen-bond donors (Lipinski definition) is 1. The van der Waals surface area contributed by atoms with Crippen molar-refractivity contribution in [1.29, 1.82) is 0 Å². The quantitative estimate of drug-likeness (QED) is 0.850. The topological polar surface area (TPSA) is 54.4 Å². The Hall–Kier alpha value is -0.870. The maximum absolute atomic E-state index is 12.1. The molecule has 3 nitrogen and oxygen atoms in total. The van der Waals surface area contributed by atoms with E-state index in [4.69, 9.17) is 0 Å². The molecule has 0 unspecified atom stereocenters. The molecule has 0 heterocycles. The Morgan fingerprint density at radius 2 is 1.76 bits per heavy atom. The average Bonchev–Trinajstić information content (AvgIpc) is 2.30. The number of rotatable bonds is 6. The zero-order chi connectivity index (χ0) is 12.9. The molecule has 4 heteroatoms. The molecular weight excluding hydrogens is 236 g/mol. The minimum absolute atomic E-state index is 0.0489. The van der Waals surface area contributed by atoms with Crippen molar-refractivity contribution >= 4 is 9.84 Å². The number of aliphatic hydroxyl groups excluding tert-OH is 1. The molecule has 1 aromatic rings. The van der Waals surface area contributed by atoms with Crippen LogP contribution in [0.2, 0.25) is 0 Å². The fraction of sp³-hybridized carbons (Fsp3) is 0.538. The van der Waals surface area contributed by atoms with E-state index in [1.54, 1.807) is 31.2 Å². The molecule has 0 spiro atoms. The van der Waals surface area contributed by atoms with Gasteiger partial charge in [0.05, 0.1) is 6.10 Å². The summed E-state index contributed by atoms with van der Waals surface area (Å²) in [6, 6.07) is 8.96. The minimum atomic E-state index is -3.28. The summed E-state index contributed by atoms with van der Waals surface area (Å²) in [5, 5.41) is 9.25. The highest BCUT2D eigenvalue weighted by atomic mass is 32.2. The molecule has 0 saturated carbocycles. The van der Waals surface area contributed by atoms with Gasteiger partial charge in [-0.25, -0.2) is 8.42 Å². The first-order valence-electron chi connectivity index (χ1n) is 5.97. The van der Waals surface area contributed by atoms with Gasteiger partial charge in [0.2, 0.25) is 0 Å². The molecule has 2 atom stereocenters. The van der Waals surface area contributed by atoms with Crippen LogP contribution in [0.25, 0.3) is 0 Å². The molecule has 1 N–H and O–H groups in total. The van der Waals surface area contributed by atoms with Crippen LogP contribution >= 0.6 is 0 Å². The molecule has 17 heavy (non-hydrogen) atoms. The molecule has 0 aliphatic rings. The number of aliphatic hydroxyl groups is 1. The van der Waals surface area contributed by atoms with Crippen LogP contribution < -0.4 is 0 Å². The highest BCUT2D eigenvalue weighted by Crippen LogP contribution is 2.28. The summed E-state index contributed by atoms with van der Waals surface area (Å²) < 4.78 is 24.1. The highest BCUT2D eigenvalue weighted by molar-refractivity contribution is 7.91. The van der Waals surface area contributed by atoms with E-state index in [-0.39, 0.29) is 5.75 Å². The molecule has 0 aliphatic heterocycles. The van der Waals surface area contributed by atoms with E-state index in [1.165, 1.54) is 0 Å². The van der Waals surface area contributed by atoms with E-state index < -0.39 is 21.2 Å². The molecule has 0 amide bonds.